The summed E-state index contributed by atoms with van der Waals surface area (Å²) in [6.45, 7) is 2.17. The van der Waals surface area contributed by atoms with Crippen LogP contribution in [0, 0.1) is 0 Å². The van der Waals surface area contributed by atoms with Crippen molar-refractivity contribution in [2.24, 2.45) is 0 Å². The molecule has 8 heteroatoms. The Morgan fingerprint density at radius 2 is 1.74 bits per heavy atom. The van der Waals surface area contributed by atoms with Crippen LogP contribution in [0.1, 0.15) is 27.3 Å². The normalized spacial score (nSPS) is 15.3. The lowest BCUT2D eigenvalue weighted by Gasteiger charge is -2.22. The molecule has 0 bridgehead atoms. The van der Waals surface area contributed by atoms with E-state index in [0.29, 0.717) is 31.7 Å². The summed E-state index contributed by atoms with van der Waals surface area (Å²) < 4.78 is 0. The van der Waals surface area contributed by atoms with Gasteiger partial charge in [0.1, 0.15) is 0 Å². The summed E-state index contributed by atoms with van der Waals surface area (Å²) in [5.74, 6) is -0.0899. The van der Waals surface area contributed by atoms with E-state index in [2.05, 4.69) is 9.97 Å². The summed E-state index contributed by atoms with van der Waals surface area (Å²) in [4.78, 5) is 36.3. The van der Waals surface area contributed by atoms with Gasteiger partial charge in [-0.1, -0.05) is 0 Å². The molecule has 0 saturated carbocycles. The second kappa shape index (κ2) is 6.74. The third-order valence-electron chi connectivity index (χ3n) is 3.77. The highest BCUT2D eigenvalue weighted by Gasteiger charge is 2.25. The van der Waals surface area contributed by atoms with Crippen molar-refractivity contribution in [3.63, 3.8) is 0 Å². The molecule has 3 rings (SSSR count). The summed E-state index contributed by atoms with van der Waals surface area (Å²) in [5, 5.41) is 3.73. The van der Waals surface area contributed by atoms with Gasteiger partial charge < -0.3 is 15.5 Å². The quantitative estimate of drug-likeness (QED) is 0.890. The first kappa shape index (κ1) is 15.4. The third-order valence-corrected chi connectivity index (χ3v) is 4.45. The number of anilines is 1. The van der Waals surface area contributed by atoms with E-state index in [9.17, 15) is 9.59 Å². The Balaban J connectivity index is 1.68. The molecule has 0 atom stereocenters. The molecule has 120 valence electrons. The predicted molar refractivity (Wildman–Crippen MR) is 87.2 cm³/mol. The molecule has 1 aliphatic heterocycles. The fourth-order valence-corrected chi connectivity index (χ4v) is 3.19. The van der Waals surface area contributed by atoms with Gasteiger partial charge in [0, 0.05) is 44.0 Å². The van der Waals surface area contributed by atoms with Crippen molar-refractivity contribution in [3.8, 4) is 0 Å². The maximum Gasteiger partial charge on any atom is 0.276 e. The largest absolute Gasteiger partial charge is 0.382 e. The molecular formula is C15H17N5O2S. The van der Waals surface area contributed by atoms with E-state index in [4.69, 9.17) is 5.73 Å². The van der Waals surface area contributed by atoms with Crippen molar-refractivity contribution in [1.29, 1.82) is 0 Å². The van der Waals surface area contributed by atoms with Crippen molar-refractivity contribution in [2.45, 2.75) is 6.42 Å². The van der Waals surface area contributed by atoms with Gasteiger partial charge in [-0.15, -0.1) is 0 Å². The fraction of sp³-hybridized carbons (Fsp3) is 0.333. The van der Waals surface area contributed by atoms with Gasteiger partial charge in [-0.3, -0.25) is 9.59 Å². The van der Waals surface area contributed by atoms with Crippen LogP contribution in [-0.4, -0.2) is 57.8 Å². The molecule has 2 N–H and O–H groups in total. The first-order chi connectivity index (χ1) is 11.2. The van der Waals surface area contributed by atoms with Crippen LogP contribution < -0.4 is 5.73 Å². The average molecular weight is 331 g/mol. The molecule has 0 unspecified atom stereocenters. The Hall–Kier alpha value is -2.48. The molecule has 0 aromatic carbocycles. The van der Waals surface area contributed by atoms with E-state index >= 15 is 0 Å². The Morgan fingerprint density at radius 1 is 1.04 bits per heavy atom. The molecule has 0 aliphatic carbocycles. The van der Waals surface area contributed by atoms with E-state index < -0.39 is 0 Å². The van der Waals surface area contributed by atoms with Crippen molar-refractivity contribution >= 4 is 29.0 Å². The minimum Gasteiger partial charge on any atom is -0.382 e. The Kier molecular flexibility index (Phi) is 4.52. The molecule has 2 aromatic heterocycles. The van der Waals surface area contributed by atoms with Crippen molar-refractivity contribution in [3.05, 3.63) is 40.5 Å². The zero-order valence-electron chi connectivity index (χ0n) is 12.5. The van der Waals surface area contributed by atoms with Crippen LogP contribution in [0.15, 0.2) is 29.2 Å². The van der Waals surface area contributed by atoms with Crippen LogP contribution in [0.2, 0.25) is 0 Å². The lowest BCUT2D eigenvalue weighted by molar-refractivity contribution is 0.0716. The zero-order valence-corrected chi connectivity index (χ0v) is 13.3. The fourth-order valence-electron chi connectivity index (χ4n) is 2.56. The lowest BCUT2D eigenvalue weighted by atomic mass is 10.3. The standard InChI is InChI=1S/C15H17N5O2S/c16-13-12(17-3-4-18-13)15(22)20-6-1-5-19(7-8-20)14(21)11-2-9-23-10-11/h2-4,9-10H,1,5-8H2,(H2,16,18). The van der Waals surface area contributed by atoms with E-state index in [-0.39, 0.29) is 23.3 Å². The topological polar surface area (TPSA) is 92.4 Å². The number of hydrogen-bond acceptors (Lipinski definition) is 6. The molecule has 7 nitrogen and oxygen atoms in total. The minimum atomic E-state index is -0.236. The van der Waals surface area contributed by atoms with Crippen molar-refractivity contribution < 1.29 is 9.59 Å². The number of thiophene rings is 1. The summed E-state index contributed by atoms with van der Waals surface area (Å²) in [6.07, 6.45) is 3.63. The zero-order chi connectivity index (χ0) is 16.2. The highest BCUT2D eigenvalue weighted by atomic mass is 32.1. The average Bonchev–Trinajstić information content (AvgIpc) is 2.98. The van der Waals surface area contributed by atoms with E-state index in [1.165, 1.54) is 23.7 Å². The molecule has 1 aliphatic rings. The number of nitrogen functional groups attached to an aromatic ring is 1. The minimum absolute atomic E-state index is 0.0135. The molecular weight excluding hydrogens is 314 g/mol. The van der Waals surface area contributed by atoms with Gasteiger partial charge in [-0.2, -0.15) is 11.3 Å². The molecule has 2 aromatic rings. The number of nitrogens with zero attached hydrogens (tertiary/aromatic N) is 4. The molecule has 0 radical (unpaired) electrons. The number of hydrogen-bond donors (Lipinski definition) is 1. The van der Waals surface area contributed by atoms with Gasteiger partial charge >= 0.3 is 0 Å². The van der Waals surface area contributed by atoms with E-state index in [1.807, 2.05) is 16.8 Å². The van der Waals surface area contributed by atoms with Gasteiger partial charge in [-0.05, 0) is 17.9 Å². The van der Waals surface area contributed by atoms with Crippen LogP contribution in [-0.2, 0) is 0 Å². The maximum absolute atomic E-state index is 12.5. The van der Waals surface area contributed by atoms with Crippen molar-refractivity contribution in [2.75, 3.05) is 31.9 Å². The molecule has 2 amide bonds. The van der Waals surface area contributed by atoms with Crippen LogP contribution >= 0.6 is 11.3 Å². The van der Waals surface area contributed by atoms with Crippen LogP contribution in [0.4, 0.5) is 5.82 Å². The Morgan fingerprint density at radius 3 is 2.39 bits per heavy atom. The highest BCUT2D eigenvalue weighted by Crippen LogP contribution is 2.14. The summed E-state index contributed by atoms with van der Waals surface area (Å²) >= 11 is 1.50. The summed E-state index contributed by atoms with van der Waals surface area (Å²) in [6, 6.07) is 1.82. The van der Waals surface area contributed by atoms with Crippen LogP contribution in [0.5, 0.6) is 0 Å². The number of aromatic nitrogens is 2. The van der Waals surface area contributed by atoms with E-state index in [0.717, 1.165) is 6.42 Å². The highest BCUT2D eigenvalue weighted by molar-refractivity contribution is 7.08. The number of amides is 2. The first-order valence-corrected chi connectivity index (χ1v) is 8.28. The number of nitrogens with two attached hydrogens (primary N) is 1. The summed E-state index contributed by atoms with van der Waals surface area (Å²) in [7, 11) is 0. The van der Waals surface area contributed by atoms with Crippen LogP contribution in [0.25, 0.3) is 0 Å². The number of carbonyl (C=O) groups is 2. The van der Waals surface area contributed by atoms with Gasteiger partial charge in [0.2, 0.25) is 0 Å². The molecule has 1 saturated heterocycles. The van der Waals surface area contributed by atoms with Crippen LogP contribution in [0.3, 0.4) is 0 Å². The molecule has 3 heterocycles. The van der Waals surface area contributed by atoms with Crippen molar-refractivity contribution in [1.82, 2.24) is 19.8 Å². The molecule has 1 fully saturated rings. The Bertz CT molecular complexity index is 704. The lowest BCUT2D eigenvalue weighted by Crippen LogP contribution is -2.37. The summed E-state index contributed by atoms with van der Waals surface area (Å²) in [5.41, 5.74) is 6.60. The third kappa shape index (κ3) is 3.31. The number of carbonyl (C=O) groups excluding carboxylic acids is 2. The maximum atomic E-state index is 12.5. The predicted octanol–water partition coefficient (Wildman–Crippen LogP) is 1.11. The van der Waals surface area contributed by atoms with Gasteiger partial charge in [-0.25, -0.2) is 9.97 Å². The monoisotopic (exact) mass is 331 g/mol. The SMILES string of the molecule is Nc1nccnc1C(=O)N1CCCN(C(=O)c2ccsc2)CC1. The number of rotatable bonds is 2. The van der Waals surface area contributed by atoms with Gasteiger partial charge in [0.05, 0.1) is 5.56 Å². The second-order valence-corrected chi connectivity index (χ2v) is 6.02. The molecule has 0 spiro atoms. The second-order valence-electron chi connectivity index (χ2n) is 5.24. The first-order valence-electron chi connectivity index (χ1n) is 7.34. The smallest absolute Gasteiger partial charge is 0.276 e. The van der Waals surface area contributed by atoms with E-state index in [1.54, 1.807) is 9.80 Å². The Labute approximate surface area is 137 Å². The van der Waals surface area contributed by atoms with Gasteiger partial charge in [0.25, 0.3) is 11.8 Å². The molecule has 23 heavy (non-hydrogen) atoms. The van der Waals surface area contributed by atoms with Gasteiger partial charge in [0.15, 0.2) is 11.5 Å².